The Morgan fingerprint density at radius 2 is 1.94 bits per heavy atom. The molecule has 1 aromatic heterocycles. The lowest BCUT2D eigenvalue weighted by Gasteiger charge is -2.08. The summed E-state index contributed by atoms with van der Waals surface area (Å²) in [5, 5.41) is 17.2. The summed E-state index contributed by atoms with van der Waals surface area (Å²) in [5.41, 5.74) is 2.10. The fourth-order valence-electron chi connectivity index (χ4n) is 1.86. The first kappa shape index (κ1) is 12.3. The van der Waals surface area contributed by atoms with Crippen LogP contribution in [0.5, 0.6) is 0 Å². The van der Waals surface area contributed by atoms with Crippen LogP contribution in [0.15, 0.2) is 0 Å². The van der Waals surface area contributed by atoms with Gasteiger partial charge in [0, 0.05) is 31.5 Å². The molecule has 0 amide bonds. The van der Waals surface area contributed by atoms with Crippen molar-refractivity contribution in [2.75, 3.05) is 0 Å². The summed E-state index contributed by atoms with van der Waals surface area (Å²) in [6, 6.07) is 4.29. The smallest absolute Gasteiger partial charge is 0.108 e. The van der Waals surface area contributed by atoms with Crippen molar-refractivity contribution in [2.45, 2.75) is 46.1 Å². The minimum atomic E-state index is 0.488. The van der Waals surface area contributed by atoms with Crippen LogP contribution >= 0.6 is 0 Å². The van der Waals surface area contributed by atoms with Gasteiger partial charge < -0.3 is 4.57 Å². The maximum absolute atomic E-state index is 8.63. The van der Waals surface area contributed by atoms with Crippen molar-refractivity contribution in [3.63, 3.8) is 0 Å². The van der Waals surface area contributed by atoms with Crippen LogP contribution in [0.1, 0.15) is 37.0 Å². The van der Waals surface area contributed by atoms with E-state index in [1.807, 2.05) is 6.92 Å². The Hall–Kier alpha value is -1.81. The normalized spacial score (nSPS) is 9.75. The molecule has 0 aliphatic rings. The van der Waals surface area contributed by atoms with Crippen molar-refractivity contribution in [3.05, 3.63) is 17.2 Å². The first-order chi connectivity index (χ1) is 7.74. The Kier molecular flexibility index (Phi) is 4.54. The predicted octanol–water partition coefficient (Wildman–Crippen LogP) is 2.12. The second-order valence-corrected chi connectivity index (χ2v) is 3.63. The maximum atomic E-state index is 8.63. The summed E-state index contributed by atoms with van der Waals surface area (Å²) in [4.78, 5) is 4.48. The molecule has 0 atom stereocenters. The van der Waals surface area contributed by atoms with Crippen molar-refractivity contribution >= 4 is 0 Å². The highest BCUT2D eigenvalue weighted by molar-refractivity contribution is 5.17. The van der Waals surface area contributed by atoms with E-state index in [4.69, 9.17) is 10.5 Å². The van der Waals surface area contributed by atoms with Gasteiger partial charge >= 0.3 is 0 Å². The third kappa shape index (κ3) is 2.61. The number of hydrogen-bond acceptors (Lipinski definition) is 3. The topological polar surface area (TPSA) is 65.4 Å². The van der Waals surface area contributed by atoms with E-state index < -0.39 is 0 Å². The van der Waals surface area contributed by atoms with Gasteiger partial charge in [-0.05, 0) is 6.92 Å². The molecule has 4 heteroatoms. The molecular weight excluding hydrogens is 200 g/mol. The molecule has 0 N–H and O–H groups in total. The van der Waals surface area contributed by atoms with Crippen molar-refractivity contribution < 1.29 is 0 Å². The highest BCUT2D eigenvalue weighted by Gasteiger charge is 2.12. The molecule has 1 heterocycles. The van der Waals surface area contributed by atoms with E-state index in [9.17, 15) is 0 Å². The van der Waals surface area contributed by atoms with E-state index in [1.54, 1.807) is 0 Å². The van der Waals surface area contributed by atoms with Gasteiger partial charge in [0.2, 0.25) is 0 Å². The predicted molar refractivity (Wildman–Crippen MR) is 60.5 cm³/mol. The zero-order valence-corrected chi connectivity index (χ0v) is 9.82. The van der Waals surface area contributed by atoms with Crippen LogP contribution in [0.25, 0.3) is 0 Å². The van der Waals surface area contributed by atoms with Gasteiger partial charge in [-0.3, -0.25) is 0 Å². The minimum Gasteiger partial charge on any atom is -0.331 e. The van der Waals surface area contributed by atoms with E-state index in [0.717, 1.165) is 30.1 Å². The molecule has 0 spiro atoms. The monoisotopic (exact) mass is 216 g/mol. The summed E-state index contributed by atoms with van der Waals surface area (Å²) in [6.07, 6.45) is 2.57. The Morgan fingerprint density at radius 3 is 2.50 bits per heavy atom. The molecule has 0 aliphatic carbocycles. The molecule has 1 rings (SSSR count). The highest BCUT2D eigenvalue weighted by Crippen LogP contribution is 2.14. The molecule has 0 bridgehead atoms. The lowest BCUT2D eigenvalue weighted by molar-refractivity contribution is 0.637. The molecule has 4 nitrogen and oxygen atoms in total. The molecule has 0 fully saturated rings. The lowest BCUT2D eigenvalue weighted by Crippen LogP contribution is -2.07. The third-order valence-corrected chi connectivity index (χ3v) is 2.59. The Bertz CT molecular complexity index is 431. The lowest BCUT2D eigenvalue weighted by atomic mass is 10.2. The molecule has 16 heavy (non-hydrogen) atoms. The second-order valence-electron chi connectivity index (χ2n) is 3.63. The number of nitrogens with zero attached hydrogens (tertiary/aromatic N) is 4. The van der Waals surface area contributed by atoms with E-state index in [-0.39, 0.29) is 0 Å². The first-order valence-electron chi connectivity index (χ1n) is 5.53. The van der Waals surface area contributed by atoms with Crippen LogP contribution in [0.4, 0.5) is 0 Å². The van der Waals surface area contributed by atoms with Gasteiger partial charge in [-0.1, -0.05) is 6.92 Å². The average Bonchev–Trinajstić information content (AvgIpc) is 2.60. The summed E-state index contributed by atoms with van der Waals surface area (Å²) in [5.74, 6) is 1.01. The number of aryl methyl sites for hydroxylation is 2. The zero-order valence-electron chi connectivity index (χ0n) is 9.82. The zero-order chi connectivity index (χ0) is 12.0. The standard InChI is InChI=1S/C12H16N4/c1-3-12-15-10(2)11(6-4-7-13)16(12)9-5-8-14/h3-6,9H2,1-2H3. The molecule has 84 valence electrons. The minimum absolute atomic E-state index is 0.488. The SMILES string of the molecule is CCc1nc(C)c(CCC#N)n1CCC#N. The average molecular weight is 216 g/mol. The number of nitriles is 2. The molecule has 0 aromatic carbocycles. The van der Waals surface area contributed by atoms with Crippen LogP contribution in [0, 0.1) is 29.6 Å². The van der Waals surface area contributed by atoms with Crippen molar-refractivity contribution in [1.29, 1.82) is 10.5 Å². The molecule has 1 aromatic rings. The molecule has 0 aliphatic heterocycles. The van der Waals surface area contributed by atoms with Gasteiger partial charge in [-0.15, -0.1) is 0 Å². The van der Waals surface area contributed by atoms with Crippen LogP contribution < -0.4 is 0 Å². The Labute approximate surface area is 96.1 Å². The van der Waals surface area contributed by atoms with Gasteiger partial charge in [0.25, 0.3) is 0 Å². The first-order valence-corrected chi connectivity index (χ1v) is 5.53. The number of rotatable bonds is 5. The second kappa shape index (κ2) is 5.92. The van der Waals surface area contributed by atoms with Gasteiger partial charge in [0.05, 0.1) is 24.3 Å². The van der Waals surface area contributed by atoms with E-state index in [2.05, 4.69) is 28.6 Å². The van der Waals surface area contributed by atoms with Gasteiger partial charge in [-0.25, -0.2) is 4.98 Å². The van der Waals surface area contributed by atoms with Crippen LogP contribution in [0.3, 0.4) is 0 Å². The summed E-state index contributed by atoms with van der Waals surface area (Å²) < 4.78 is 2.09. The van der Waals surface area contributed by atoms with Gasteiger partial charge in [-0.2, -0.15) is 10.5 Å². The van der Waals surface area contributed by atoms with Crippen molar-refractivity contribution in [3.8, 4) is 12.1 Å². The summed E-state index contributed by atoms with van der Waals surface area (Å²) in [7, 11) is 0. The molecule has 0 saturated heterocycles. The molecular formula is C12H16N4. The molecule has 0 radical (unpaired) electrons. The van der Waals surface area contributed by atoms with Gasteiger partial charge in [0.15, 0.2) is 0 Å². The van der Waals surface area contributed by atoms with Crippen LogP contribution in [-0.4, -0.2) is 9.55 Å². The Balaban J connectivity index is 2.99. The van der Waals surface area contributed by atoms with Crippen molar-refractivity contribution in [2.24, 2.45) is 0 Å². The largest absolute Gasteiger partial charge is 0.331 e. The molecule has 0 saturated carbocycles. The maximum Gasteiger partial charge on any atom is 0.108 e. The van der Waals surface area contributed by atoms with E-state index in [0.29, 0.717) is 19.4 Å². The van der Waals surface area contributed by atoms with Crippen LogP contribution in [0.2, 0.25) is 0 Å². The number of hydrogen-bond donors (Lipinski definition) is 0. The fraction of sp³-hybridized carbons (Fsp3) is 0.583. The van der Waals surface area contributed by atoms with Crippen molar-refractivity contribution in [1.82, 2.24) is 9.55 Å². The number of aromatic nitrogens is 2. The molecule has 0 unspecified atom stereocenters. The van der Waals surface area contributed by atoms with Crippen LogP contribution in [-0.2, 0) is 19.4 Å². The fourth-order valence-corrected chi connectivity index (χ4v) is 1.86. The summed E-state index contributed by atoms with van der Waals surface area (Å²) >= 11 is 0. The third-order valence-electron chi connectivity index (χ3n) is 2.59. The number of imidazole rings is 1. The Morgan fingerprint density at radius 1 is 1.25 bits per heavy atom. The van der Waals surface area contributed by atoms with E-state index in [1.165, 1.54) is 0 Å². The van der Waals surface area contributed by atoms with Gasteiger partial charge in [0.1, 0.15) is 5.82 Å². The quantitative estimate of drug-likeness (QED) is 0.757. The highest BCUT2D eigenvalue weighted by atomic mass is 15.1. The van der Waals surface area contributed by atoms with E-state index >= 15 is 0 Å². The summed E-state index contributed by atoms with van der Waals surface area (Å²) in [6.45, 7) is 4.70.